The van der Waals surface area contributed by atoms with Crippen LogP contribution in [-0.2, 0) is 18.4 Å². The van der Waals surface area contributed by atoms with Crippen LogP contribution in [0.4, 0.5) is 26.1 Å². The van der Waals surface area contributed by atoms with Crippen molar-refractivity contribution in [3.05, 3.63) is 81.3 Å². The molecule has 0 fully saturated rings. The quantitative estimate of drug-likeness (QED) is 0.179. The largest absolute Gasteiger partial charge is 0.471 e. The van der Waals surface area contributed by atoms with Gasteiger partial charge < -0.3 is 20.7 Å². The average Bonchev–Trinajstić information content (AvgIpc) is 3.22. The minimum Gasteiger partial charge on any atom is -0.471 e. The first-order valence-corrected chi connectivity index (χ1v) is 13.0. The topological polar surface area (TPSA) is 110 Å². The van der Waals surface area contributed by atoms with Gasteiger partial charge in [-0.15, -0.1) is 0 Å². The zero-order chi connectivity index (χ0) is 29.0. The predicted octanol–water partition coefficient (Wildman–Crippen LogP) is 6.22. The number of nitrogens with zero attached hydrogens (tertiary/aromatic N) is 3. The number of anilines is 3. The molecule has 208 valence electrons. The number of pyridine rings is 1. The van der Waals surface area contributed by atoms with E-state index in [-0.39, 0.29) is 29.5 Å². The highest BCUT2D eigenvalue weighted by atomic mass is 79.9. The van der Waals surface area contributed by atoms with Crippen LogP contribution in [0.25, 0.3) is 11.2 Å². The number of carbonyl (C=O) groups is 2. The van der Waals surface area contributed by atoms with Crippen LogP contribution in [0.1, 0.15) is 22.8 Å². The van der Waals surface area contributed by atoms with Crippen LogP contribution in [-0.4, -0.2) is 39.4 Å². The standard InChI is InChI=1S/C27H24BrClF2N6O3/c1-14(2)24(38)32-12-15-4-9-19(29)20(10-15)34-27-35-21-11-18(25(39)33-17-7-5-16(28)6-8-17)26(40-13-22(30)31)36-23(21)37(27)3/h4-11,22H,1,12-13H2,2-3H3,(H,32,38)(H,33,39)(H,34,35). The van der Waals surface area contributed by atoms with Gasteiger partial charge in [0.1, 0.15) is 11.1 Å². The summed E-state index contributed by atoms with van der Waals surface area (Å²) in [7, 11) is 1.66. The van der Waals surface area contributed by atoms with Gasteiger partial charge in [-0.25, -0.2) is 13.8 Å². The summed E-state index contributed by atoms with van der Waals surface area (Å²) >= 11 is 9.73. The lowest BCUT2D eigenvalue weighted by Gasteiger charge is -2.12. The molecule has 40 heavy (non-hydrogen) atoms. The van der Waals surface area contributed by atoms with Crippen LogP contribution in [0.2, 0.25) is 5.02 Å². The van der Waals surface area contributed by atoms with Gasteiger partial charge in [-0.2, -0.15) is 4.98 Å². The smallest absolute Gasteiger partial charge is 0.272 e. The number of hydrogen-bond acceptors (Lipinski definition) is 6. The average molecular weight is 634 g/mol. The Balaban J connectivity index is 1.65. The van der Waals surface area contributed by atoms with E-state index in [9.17, 15) is 18.4 Å². The van der Waals surface area contributed by atoms with E-state index < -0.39 is 18.9 Å². The molecule has 2 heterocycles. The normalized spacial score (nSPS) is 11.0. The first kappa shape index (κ1) is 29.0. The summed E-state index contributed by atoms with van der Waals surface area (Å²) in [5.41, 5.74) is 2.70. The highest BCUT2D eigenvalue weighted by molar-refractivity contribution is 9.10. The lowest BCUT2D eigenvalue weighted by atomic mass is 10.2. The highest BCUT2D eigenvalue weighted by Gasteiger charge is 2.21. The second-order valence-electron chi connectivity index (χ2n) is 8.74. The van der Waals surface area contributed by atoms with Crippen LogP contribution in [0.15, 0.2) is 65.2 Å². The van der Waals surface area contributed by atoms with Crippen LogP contribution in [0.5, 0.6) is 5.88 Å². The third-order valence-corrected chi connectivity index (χ3v) is 6.48. The van der Waals surface area contributed by atoms with Crippen molar-refractivity contribution in [2.75, 3.05) is 17.2 Å². The van der Waals surface area contributed by atoms with E-state index in [1.54, 1.807) is 61.0 Å². The molecule has 4 aromatic rings. The molecule has 9 nitrogen and oxygen atoms in total. The maximum absolute atomic E-state index is 13.1. The van der Waals surface area contributed by atoms with Gasteiger partial charge in [0.25, 0.3) is 12.3 Å². The van der Waals surface area contributed by atoms with Crippen molar-refractivity contribution in [2.45, 2.75) is 19.9 Å². The van der Waals surface area contributed by atoms with E-state index >= 15 is 0 Å². The molecule has 2 aromatic heterocycles. The summed E-state index contributed by atoms with van der Waals surface area (Å²) in [5, 5.41) is 8.99. The second-order valence-corrected chi connectivity index (χ2v) is 10.1. The van der Waals surface area contributed by atoms with Crippen molar-refractivity contribution < 1.29 is 23.1 Å². The van der Waals surface area contributed by atoms with Crippen LogP contribution < -0.4 is 20.7 Å². The van der Waals surface area contributed by atoms with Crippen molar-refractivity contribution in [2.24, 2.45) is 7.05 Å². The molecule has 0 saturated heterocycles. The molecule has 2 aromatic carbocycles. The molecule has 2 amide bonds. The number of nitrogens with one attached hydrogen (secondary N) is 3. The van der Waals surface area contributed by atoms with Gasteiger partial charge in [0, 0.05) is 29.3 Å². The number of alkyl halides is 2. The zero-order valence-corrected chi connectivity index (χ0v) is 23.7. The van der Waals surface area contributed by atoms with Gasteiger partial charge in [-0.05, 0) is 55.0 Å². The maximum Gasteiger partial charge on any atom is 0.272 e. The molecule has 0 atom stereocenters. The second kappa shape index (κ2) is 12.4. The molecular weight excluding hydrogens is 610 g/mol. The van der Waals surface area contributed by atoms with Crippen molar-refractivity contribution >= 4 is 67.8 Å². The number of rotatable bonds is 10. The summed E-state index contributed by atoms with van der Waals surface area (Å²) in [6.45, 7) is 4.55. The first-order chi connectivity index (χ1) is 19.0. The van der Waals surface area contributed by atoms with E-state index in [0.717, 1.165) is 10.0 Å². The number of halogens is 4. The SMILES string of the molecule is C=C(C)C(=O)NCc1ccc(Cl)c(Nc2nc3cc(C(=O)Nc4ccc(Br)cc4)c(OCC(F)F)nc3n2C)c1. The highest BCUT2D eigenvalue weighted by Crippen LogP contribution is 2.30. The summed E-state index contributed by atoms with van der Waals surface area (Å²) < 4.78 is 33.5. The molecule has 0 spiro atoms. The van der Waals surface area contributed by atoms with Gasteiger partial charge in [-0.1, -0.05) is 40.2 Å². The van der Waals surface area contributed by atoms with E-state index in [1.807, 2.05) is 0 Å². The lowest BCUT2D eigenvalue weighted by Crippen LogP contribution is -2.23. The zero-order valence-electron chi connectivity index (χ0n) is 21.4. The number of aryl methyl sites for hydroxylation is 1. The van der Waals surface area contributed by atoms with Gasteiger partial charge in [-0.3, -0.25) is 14.2 Å². The van der Waals surface area contributed by atoms with Gasteiger partial charge in [0.05, 0.1) is 10.7 Å². The molecule has 4 rings (SSSR count). The fourth-order valence-electron chi connectivity index (χ4n) is 3.59. The molecule has 0 aliphatic carbocycles. The number of benzene rings is 2. The van der Waals surface area contributed by atoms with E-state index in [1.165, 1.54) is 6.07 Å². The van der Waals surface area contributed by atoms with Gasteiger partial charge >= 0.3 is 0 Å². The molecule has 13 heteroatoms. The molecule has 3 N–H and O–H groups in total. The number of imidazole rings is 1. The van der Waals surface area contributed by atoms with Crippen molar-refractivity contribution in [1.29, 1.82) is 0 Å². The van der Waals surface area contributed by atoms with E-state index in [2.05, 4.69) is 48.4 Å². The summed E-state index contributed by atoms with van der Waals surface area (Å²) in [6.07, 6.45) is -2.77. The number of fused-ring (bicyclic) bond motifs is 1. The molecule has 0 unspecified atom stereocenters. The molecular formula is C27H24BrClF2N6O3. The van der Waals surface area contributed by atoms with Gasteiger partial charge in [0.15, 0.2) is 12.3 Å². The lowest BCUT2D eigenvalue weighted by molar-refractivity contribution is -0.117. The Hall–Kier alpha value is -4.03. The summed E-state index contributed by atoms with van der Waals surface area (Å²) in [6, 6.07) is 13.5. The third-order valence-electron chi connectivity index (χ3n) is 5.62. The first-order valence-electron chi connectivity index (χ1n) is 11.9. The summed E-state index contributed by atoms with van der Waals surface area (Å²) in [4.78, 5) is 33.8. The fourth-order valence-corrected chi connectivity index (χ4v) is 4.01. The Morgan fingerprint density at radius 2 is 1.88 bits per heavy atom. The number of carbonyl (C=O) groups excluding carboxylic acids is 2. The molecule has 0 aliphatic rings. The molecule has 0 aliphatic heterocycles. The van der Waals surface area contributed by atoms with Crippen LogP contribution in [0, 0.1) is 0 Å². The van der Waals surface area contributed by atoms with Gasteiger partial charge in [0.2, 0.25) is 17.7 Å². The number of aromatic nitrogens is 3. The number of ether oxygens (including phenoxy) is 1. The minimum atomic E-state index is -2.77. The van der Waals surface area contributed by atoms with Crippen LogP contribution >= 0.6 is 27.5 Å². The number of amides is 2. The molecule has 0 saturated carbocycles. The Morgan fingerprint density at radius 1 is 1.15 bits per heavy atom. The predicted molar refractivity (Wildman–Crippen MR) is 153 cm³/mol. The van der Waals surface area contributed by atoms with E-state index in [0.29, 0.717) is 33.4 Å². The molecule has 0 radical (unpaired) electrons. The fraction of sp³-hybridized carbons (Fsp3) is 0.185. The molecule has 0 bridgehead atoms. The van der Waals surface area contributed by atoms with Crippen LogP contribution in [0.3, 0.4) is 0 Å². The summed E-state index contributed by atoms with van der Waals surface area (Å²) in [5.74, 6) is -0.813. The Kier molecular flexibility index (Phi) is 9.00. The third kappa shape index (κ3) is 6.93. The monoisotopic (exact) mass is 632 g/mol. The Labute approximate surface area is 241 Å². The Morgan fingerprint density at radius 3 is 2.55 bits per heavy atom. The van der Waals surface area contributed by atoms with Crippen molar-refractivity contribution in [1.82, 2.24) is 19.9 Å². The van der Waals surface area contributed by atoms with Crippen molar-refractivity contribution in [3.63, 3.8) is 0 Å². The van der Waals surface area contributed by atoms with Crippen molar-refractivity contribution in [3.8, 4) is 5.88 Å². The van der Waals surface area contributed by atoms with E-state index in [4.69, 9.17) is 16.3 Å². The maximum atomic E-state index is 13.1. The minimum absolute atomic E-state index is 0.0611. The Bertz CT molecular complexity index is 1590. The number of hydrogen-bond donors (Lipinski definition) is 3.